The summed E-state index contributed by atoms with van der Waals surface area (Å²) < 4.78 is 5.27. The van der Waals surface area contributed by atoms with E-state index in [2.05, 4.69) is 10.3 Å². The van der Waals surface area contributed by atoms with Gasteiger partial charge in [-0.2, -0.15) is 0 Å². The van der Waals surface area contributed by atoms with Crippen LogP contribution in [0.4, 0.5) is 0 Å². The lowest BCUT2D eigenvalue weighted by Crippen LogP contribution is -2.45. The van der Waals surface area contributed by atoms with E-state index in [9.17, 15) is 4.79 Å². The van der Waals surface area contributed by atoms with Crippen LogP contribution in [-0.4, -0.2) is 24.1 Å². The average molecular weight is 248 g/mol. The van der Waals surface area contributed by atoms with Crippen molar-refractivity contribution >= 4 is 5.91 Å². The number of carbonyl (C=O) groups is 1. The van der Waals surface area contributed by atoms with Gasteiger partial charge in [0.2, 0.25) is 5.91 Å². The second-order valence-corrected chi connectivity index (χ2v) is 5.22. The number of aromatic nitrogens is 1. The molecule has 0 radical (unpaired) electrons. The van der Waals surface area contributed by atoms with Gasteiger partial charge in [0.05, 0.1) is 11.2 Å². The number of ether oxygens (including phenoxy) is 1. The van der Waals surface area contributed by atoms with Gasteiger partial charge in [0.15, 0.2) is 0 Å². The van der Waals surface area contributed by atoms with Gasteiger partial charge in [-0.3, -0.25) is 9.78 Å². The Hall–Kier alpha value is -1.42. The summed E-state index contributed by atoms with van der Waals surface area (Å²) >= 11 is 0. The van der Waals surface area contributed by atoms with Crippen molar-refractivity contribution in [3.8, 4) is 0 Å². The lowest BCUT2D eigenvalue weighted by molar-refractivity contribution is -0.129. The molecule has 1 aromatic rings. The second-order valence-electron chi connectivity index (χ2n) is 5.22. The zero-order valence-corrected chi connectivity index (χ0v) is 11.0. The molecule has 0 saturated carbocycles. The maximum Gasteiger partial charge on any atom is 0.224 e. The highest BCUT2D eigenvalue weighted by atomic mass is 16.5. The first kappa shape index (κ1) is 13.0. The number of nitrogens with one attached hydrogen (secondary N) is 1. The van der Waals surface area contributed by atoms with Gasteiger partial charge >= 0.3 is 0 Å². The largest absolute Gasteiger partial charge is 0.381 e. The number of nitrogens with zero attached hydrogens (tertiary/aromatic N) is 1. The maximum atomic E-state index is 12.2. The van der Waals surface area contributed by atoms with Crippen LogP contribution in [0, 0.1) is 5.92 Å². The fraction of sp³-hybridized carbons (Fsp3) is 0.571. The van der Waals surface area contributed by atoms with Gasteiger partial charge in [0, 0.05) is 25.3 Å². The molecule has 1 amide bonds. The Morgan fingerprint density at radius 2 is 2.11 bits per heavy atom. The molecule has 18 heavy (non-hydrogen) atoms. The van der Waals surface area contributed by atoms with Crippen LogP contribution >= 0.6 is 0 Å². The van der Waals surface area contributed by atoms with Crippen molar-refractivity contribution in [2.24, 2.45) is 5.92 Å². The molecule has 0 bridgehead atoms. The average Bonchev–Trinajstić information content (AvgIpc) is 2.40. The zero-order valence-electron chi connectivity index (χ0n) is 11.0. The number of pyridine rings is 1. The van der Waals surface area contributed by atoms with Crippen LogP contribution in [0.15, 0.2) is 24.4 Å². The Labute approximate surface area is 108 Å². The number of hydrogen-bond donors (Lipinski definition) is 1. The minimum absolute atomic E-state index is 0.0711. The van der Waals surface area contributed by atoms with E-state index in [0.717, 1.165) is 18.5 Å². The monoisotopic (exact) mass is 248 g/mol. The molecule has 98 valence electrons. The molecule has 1 aliphatic heterocycles. The highest BCUT2D eigenvalue weighted by molar-refractivity contribution is 5.79. The third kappa shape index (κ3) is 3.07. The Bertz CT molecular complexity index is 398. The van der Waals surface area contributed by atoms with Crippen molar-refractivity contribution < 1.29 is 9.53 Å². The summed E-state index contributed by atoms with van der Waals surface area (Å²) in [6.07, 6.45) is 3.37. The van der Waals surface area contributed by atoms with Gasteiger partial charge in [0.1, 0.15) is 0 Å². The summed E-state index contributed by atoms with van der Waals surface area (Å²) in [5.74, 6) is 0.177. The Morgan fingerprint density at radius 1 is 1.39 bits per heavy atom. The van der Waals surface area contributed by atoms with Gasteiger partial charge in [-0.15, -0.1) is 0 Å². The normalized spacial score (nSPS) is 17.4. The van der Waals surface area contributed by atoms with Gasteiger partial charge in [-0.05, 0) is 38.8 Å². The van der Waals surface area contributed by atoms with Crippen molar-refractivity contribution in [2.45, 2.75) is 32.2 Å². The highest BCUT2D eigenvalue weighted by Crippen LogP contribution is 2.21. The fourth-order valence-electron chi connectivity index (χ4n) is 2.17. The molecule has 0 atom stereocenters. The standard InChI is InChI=1S/C14H20N2O2/c1-14(2,12-5-3-4-8-15-12)16-13(17)11-6-9-18-10-7-11/h3-5,8,11H,6-7,9-10H2,1-2H3,(H,16,17). The molecule has 1 aliphatic rings. The molecule has 0 aliphatic carbocycles. The predicted molar refractivity (Wildman–Crippen MR) is 68.9 cm³/mol. The lowest BCUT2D eigenvalue weighted by Gasteiger charge is -2.29. The van der Waals surface area contributed by atoms with Crippen molar-refractivity contribution in [3.63, 3.8) is 0 Å². The molecule has 1 N–H and O–H groups in total. The quantitative estimate of drug-likeness (QED) is 0.888. The number of rotatable bonds is 3. The summed E-state index contributed by atoms with van der Waals surface area (Å²) in [4.78, 5) is 16.5. The SMILES string of the molecule is CC(C)(NC(=O)C1CCOCC1)c1ccccn1. The lowest BCUT2D eigenvalue weighted by atomic mass is 9.95. The van der Waals surface area contributed by atoms with E-state index < -0.39 is 5.54 Å². The minimum atomic E-state index is -0.434. The van der Waals surface area contributed by atoms with E-state index in [4.69, 9.17) is 4.74 Å². The summed E-state index contributed by atoms with van der Waals surface area (Å²) in [5, 5.41) is 3.09. The first-order valence-corrected chi connectivity index (χ1v) is 6.41. The maximum absolute atomic E-state index is 12.2. The second kappa shape index (κ2) is 5.48. The van der Waals surface area contributed by atoms with Crippen LogP contribution in [0.2, 0.25) is 0 Å². The predicted octanol–water partition coefficient (Wildman–Crippen LogP) is 1.86. The third-order valence-corrected chi connectivity index (χ3v) is 3.33. The van der Waals surface area contributed by atoms with E-state index in [-0.39, 0.29) is 11.8 Å². The molecule has 1 fully saturated rings. The molecular weight excluding hydrogens is 228 g/mol. The van der Waals surface area contributed by atoms with Crippen molar-refractivity contribution in [1.82, 2.24) is 10.3 Å². The molecule has 2 heterocycles. The summed E-state index contributed by atoms with van der Waals surface area (Å²) in [6, 6.07) is 5.74. The molecule has 2 rings (SSSR count). The smallest absolute Gasteiger partial charge is 0.224 e. The van der Waals surface area contributed by atoms with Gasteiger partial charge < -0.3 is 10.1 Å². The van der Waals surface area contributed by atoms with E-state index in [1.54, 1.807) is 6.20 Å². The Morgan fingerprint density at radius 3 is 2.72 bits per heavy atom. The van der Waals surface area contributed by atoms with Crippen molar-refractivity contribution in [1.29, 1.82) is 0 Å². The summed E-state index contributed by atoms with van der Waals surface area (Å²) in [5.41, 5.74) is 0.446. The molecule has 1 saturated heterocycles. The van der Waals surface area contributed by atoms with Gasteiger partial charge in [0.25, 0.3) is 0 Å². The van der Waals surface area contributed by atoms with Crippen LogP contribution in [-0.2, 0) is 15.1 Å². The number of amides is 1. The van der Waals surface area contributed by atoms with Gasteiger partial charge in [-0.25, -0.2) is 0 Å². The van der Waals surface area contributed by atoms with E-state index in [1.165, 1.54) is 0 Å². The van der Waals surface area contributed by atoms with Crippen molar-refractivity contribution in [3.05, 3.63) is 30.1 Å². The Kier molecular flexibility index (Phi) is 3.97. The highest BCUT2D eigenvalue weighted by Gasteiger charge is 2.29. The molecule has 4 heteroatoms. The minimum Gasteiger partial charge on any atom is -0.381 e. The molecule has 0 aromatic carbocycles. The van der Waals surface area contributed by atoms with Crippen LogP contribution in [0.25, 0.3) is 0 Å². The summed E-state index contributed by atoms with van der Waals surface area (Å²) in [6.45, 7) is 5.32. The first-order chi connectivity index (χ1) is 8.59. The Balaban J connectivity index is 2.01. The molecule has 4 nitrogen and oxygen atoms in total. The first-order valence-electron chi connectivity index (χ1n) is 6.41. The van der Waals surface area contributed by atoms with Crippen molar-refractivity contribution in [2.75, 3.05) is 13.2 Å². The molecular formula is C14H20N2O2. The topological polar surface area (TPSA) is 51.2 Å². The van der Waals surface area contributed by atoms with Crippen LogP contribution in [0.1, 0.15) is 32.4 Å². The van der Waals surface area contributed by atoms with E-state index in [1.807, 2.05) is 32.0 Å². The fourth-order valence-corrected chi connectivity index (χ4v) is 2.17. The molecule has 1 aromatic heterocycles. The summed E-state index contributed by atoms with van der Waals surface area (Å²) in [7, 11) is 0. The number of hydrogen-bond acceptors (Lipinski definition) is 3. The zero-order chi connectivity index (χ0) is 13.0. The molecule has 0 spiro atoms. The van der Waals surface area contributed by atoms with Gasteiger partial charge in [-0.1, -0.05) is 6.07 Å². The number of carbonyl (C=O) groups excluding carboxylic acids is 1. The van der Waals surface area contributed by atoms with E-state index >= 15 is 0 Å². The van der Waals surface area contributed by atoms with Crippen LogP contribution in [0.3, 0.4) is 0 Å². The third-order valence-electron chi connectivity index (χ3n) is 3.33. The van der Waals surface area contributed by atoms with Crippen LogP contribution < -0.4 is 5.32 Å². The van der Waals surface area contributed by atoms with E-state index in [0.29, 0.717) is 13.2 Å². The molecule has 0 unspecified atom stereocenters. The van der Waals surface area contributed by atoms with Crippen LogP contribution in [0.5, 0.6) is 0 Å².